The van der Waals surface area contributed by atoms with Gasteiger partial charge in [-0.15, -0.1) is 11.3 Å². The van der Waals surface area contributed by atoms with Gasteiger partial charge in [-0.2, -0.15) is 0 Å². The first-order chi connectivity index (χ1) is 13.1. The molecule has 0 saturated carbocycles. The number of carbonyl (C=O) groups excluding carboxylic acids is 1. The number of thiophene rings is 1. The van der Waals surface area contributed by atoms with Crippen LogP contribution in [0.3, 0.4) is 0 Å². The van der Waals surface area contributed by atoms with Gasteiger partial charge in [0.05, 0.1) is 38.5 Å². The topological polar surface area (TPSA) is 46.9 Å². The number of rotatable bonds is 8. The molecule has 0 bridgehead atoms. The Morgan fingerprint density at radius 3 is 2.85 bits per heavy atom. The molecule has 0 aliphatic heterocycles. The summed E-state index contributed by atoms with van der Waals surface area (Å²) in [7, 11) is 4.16. The summed E-state index contributed by atoms with van der Waals surface area (Å²) in [6.45, 7) is 3.99. The first-order valence-corrected chi connectivity index (χ1v) is 10.6. The third kappa shape index (κ3) is 4.94. The zero-order valence-corrected chi connectivity index (χ0v) is 17.4. The molecule has 0 radical (unpaired) electrons. The van der Waals surface area contributed by atoms with Crippen LogP contribution in [-0.2, 0) is 4.79 Å². The molecule has 1 N–H and O–H groups in total. The number of fused-ring (bicyclic) bond motifs is 1. The maximum atomic E-state index is 12.9. The zero-order valence-electron chi connectivity index (χ0n) is 15.8. The van der Waals surface area contributed by atoms with Gasteiger partial charge in [-0.3, -0.25) is 9.69 Å². The van der Waals surface area contributed by atoms with E-state index in [1.54, 1.807) is 22.3 Å². The fourth-order valence-corrected chi connectivity index (χ4v) is 4.20. The number of likely N-dealkylation sites (N-methyl/N-ethyl adjacent to an activating group) is 1. The minimum atomic E-state index is -0.0540. The van der Waals surface area contributed by atoms with Crippen molar-refractivity contribution in [1.29, 1.82) is 0 Å². The highest BCUT2D eigenvalue weighted by molar-refractivity contribution is 7.22. The fourth-order valence-electron chi connectivity index (χ4n) is 2.56. The number of thiazole rings is 1. The van der Waals surface area contributed by atoms with Gasteiger partial charge < -0.3 is 9.64 Å². The van der Waals surface area contributed by atoms with Crippen molar-refractivity contribution >= 4 is 50.0 Å². The van der Waals surface area contributed by atoms with Crippen molar-refractivity contribution in [1.82, 2.24) is 4.98 Å². The Morgan fingerprint density at radius 1 is 1.30 bits per heavy atom. The average molecular weight is 403 g/mol. The maximum Gasteiger partial charge on any atom is 0.253 e. The van der Waals surface area contributed by atoms with Crippen LogP contribution < -0.4 is 14.5 Å². The monoisotopic (exact) mass is 402 g/mol. The quantitative estimate of drug-likeness (QED) is 0.590. The number of ether oxygens (including phenoxy) is 1. The van der Waals surface area contributed by atoms with Crippen LogP contribution in [0.1, 0.15) is 11.8 Å². The number of hydrogen-bond donors (Lipinski definition) is 1. The van der Waals surface area contributed by atoms with Gasteiger partial charge in [0.25, 0.3) is 5.91 Å². The van der Waals surface area contributed by atoms with Crippen LogP contribution in [0.4, 0.5) is 5.13 Å². The van der Waals surface area contributed by atoms with E-state index in [0.717, 1.165) is 27.4 Å². The Labute approximate surface area is 167 Å². The van der Waals surface area contributed by atoms with Gasteiger partial charge in [-0.25, -0.2) is 4.98 Å². The van der Waals surface area contributed by atoms with Crippen LogP contribution in [0.25, 0.3) is 16.3 Å². The molecule has 0 spiro atoms. The Bertz CT molecular complexity index is 917. The van der Waals surface area contributed by atoms with Gasteiger partial charge >= 0.3 is 0 Å². The van der Waals surface area contributed by atoms with Gasteiger partial charge in [0, 0.05) is 11.0 Å². The van der Waals surface area contributed by atoms with Crippen molar-refractivity contribution in [2.45, 2.75) is 6.92 Å². The Hall–Kier alpha value is -2.22. The Morgan fingerprint density at radius 2 is 2.15 bits per heavy atom. The van der Waals surface area contributed by atoms with Crippen LogP contribution in [0.2, 0.25) is 0 Å². The molecule has 2 heterocycles. The van der Waals surface area contributed by atoms with E-state index in [1.807, 2.05) is 48.7 Å². The number of hydrogen-bond acceptors (Lipinski definition) is 5. The molecule has 7 heteroatoms. The number of quaternary nitrogens is 1. The fraction of sp³-hybridized carbons (Fsp3) is 0.300. The normalized spacial score (nSPS) is 11.6. The largest absolute Gasteiger partial charge is 0.492 e. The van der Waals surface area contributed by atoms with E-state index in [2.05, 4.69) is 14.1 Å². The van der Waals surface area contributed by atoms with Gasteiger partial charge in [0.1, 0.15) is 11.3 Å². The lowest BCUT2D eigenvalue weighted by atomic mass is 10.3. The highest BCUT2D eigenvalue weighted by Crippen LogP contribution is 2.34. The molecule has 0 aliphatic rings. The molecule has 1 amide bonds. The second-order valence-electron chi connectivity index (χ2n) is 6.33. The second-order valence-corrected chi connectivity index (χ2v) is 8.32. The summed E-state index contributed by atoms with van der Waals surface area (Å²) in [6, 6.07) is 9.87. The Kier molecular flexibility index (Phi) is 6.60. The summed E-state index contributed by atoms with van der Waals surface area (Å²) < 4.78 is 6.71. The number of carbonyl (C=O) groups is 1. The summed E-state index contributed by atoms with van der Waals surface area (Å²) >= 11 is 3.13. The van der Waals surface area contributed by atoms with E-state index in [1.165, 1.54) is 16.2 Å². The van der Waals surface area contributed by atoms with E-state index >= 15 is 0 Å². The predicted molar refractivity (Wildman–Crippen MR) is 114 cm³/mol. The van der Waals surface area contributed by atoms with E-state index in [9.17, 15) is 4.79 Å². The molecular weight excluding hydrogens is 378 g/mol. The minimum Gasteiger partial charge on any atom is -0.492 e. The van der Waals surface area contributed by atoms with Gasteiger partial charge in [-0.05, 0) is 36.6 Å². The van der Waals surface area contributed by atoms with Crippen molar-refractivity contribution in [3.05, 3.63) is 46.7 Å². The highest BCUT2D eigenvalue weighted by atomic mass is 32.1. The summed E-state index contributed by atoms with van der Waals surface area (Å²) in [5.74, 6) is 0.707. The number of anilines is 1. The molecule has 0 atom stereocenters. The van der Waals surface area contributed by atoms with Crippen LogP contribution >= 0.6 is 22.7 Å². The van der Waals surface area contributed by atoms with E-state index < -0.39 is 0 Å². The van der Waals surface area contributed by atoms with Crippen molar-refractivity contribution in [2.75, 3.05) is 38.7 Å². The number of nitrogens with zero attached hydrogens (tertiary/aromatic N) is 2. The lowest BCUT2D eigenvalue weighted by Crippen LogP contribution is -3.06. The second kappa shape index (κ2) is 9.12. The van der Waals surface area contributed by atoms with Crippen molar-refractivity contribution in [2.24, 2.45) is 0 Å². The van der Waals surface area contributed by atoms with Crippen LogP contribution in [0.5, 0.6) is 5.75 Å². The SMILES string of the molecule is CCOc1cccc2sc(N(CC[NH+](C)C)C(=O)/C=C/c3cccs3)nc12. The maximum absolute atomic E-state index is 12.9. The van der Waals surface area contributed by atoms with Gasteiger partial charge in [0.15, 0.2) is 5.13 Å². The number of benzene rings is 1. The van der Waals surface area contributed by atoms with E-state index in [-0.39, 0.29) is 5.91 Å². The molecule has 0 fully saturated rings. The molecule has 27 heavy (non-hydrogen) atoms. The number of para-hydroxylation sites is 1. The highest BCUT2D eigenvalue weighted by Gasteiger charge is 2.20. The predicted octanol–water partition coefficient (Wildman–Crippen LogP) is 2.95. The molecule has 0 saturated heterocycles. The lowest BCUT2D eigenvalue weighted by Gasteiger charge is -2.19. The third-order valence-corrected chi connectivity index (χ3v) is 5.82. The zero-order chi connectivity index (χ0) is 19.2. The molecule has 0 aliphatic carbocycles. The molecule has 5 nitrogen and oxygen atoms in total. The van der Waals surface area contributed by atoms with Crippen molar-refractivity contribution in [3.8, 4) is 5.75 Å². The number of aromatic nitrogens is 1. The number of amides is 1. The van der Waals surface area contributed by atoms with Crippen LogP contribution in [0, 0.1) is 0 Å². The summed E-state index contributed by atoms with van der Waals surface area (Å²) in [5.41, 5.74) is 0.816. The van der Waals surface area contributed by atoms with Gasteiger partial charge in [0.2, 0.25) is 0 Å². The van der Waals surface area contributed by atoms with Crippen molar-refractivity contribution < 1.29 is 14.4 Å². The van der Waals surface area contributed by atoms with E-state index in [0.29, 0.717) is 18.3 Å². The first-order valence-electron chi connectivity index (χ1n) is 8.93. The first kappa shape index (κ1) is 19.5. The summed E-state index contributed by atoms with van der Waals surface area (Å²) in [6.07, 6.45) is 3.49. The summed E-state index contributed by atoms with van der Waals surface area (Å²) in [5, 5.41) is 2.71. The third-order valence-electron chi connectivity index (χ3n) is 3.94. The molecule has 1 aromatic carbocycles. The van der Waals surface area contributed by atoms with Crippen LogP contribution in [-0.4, -0.2) is 44.7 Å². The number of nitrogens with one attached hydrogen (secondary N) is 1. The minimum absolute atomic E-state index is 0.0540. The molecular formula is C20H24N3O2S2+. The molecule has 142 valence electrons. The van der Waals surface area contributed by atoms with E-state index in [4.69, 9.17) is 9.72 Å². The molecule has 3 aromatic rings. The van der Waals surface area contributed by atoms with Gasteiger partial charge in [-0.1, -0.05) is 23.5 Å². The molecule has 0 unspecified atom stereocenters. The lowest BCUT2D eigenvalue weighted by molar-refractivity contribution is -0.856. The van der Waals surface area contributed by atoms with Crippen molar-refractivity contribution in [3.63, 3.8) is 0 Å². The average Bonchev–Trinajstić information content (AvgIpc) is 3.30. The standard InChI is InChI=1S/C20H23N3O2S2/c1-4-25-16-8-5-9-17-19(16)21-20(27-17)23(13-12-22(2)3)18(24)11-10-15-7-6-14-26-15/h5-11,14H,4,12-13H2,1-3H3/p+1/b11-10+. The smallest absolute Gasteiger partial charge is 0.253 e. The Balaban J connectivity index is 1.91. The molecule has 3 rings (SSSR count). The van der Waals surface area contributed by atoms with Crippen LogP contribution in [0.15, 0.2) is 41.8 Å². The summed E-state index contributed by atoms with van der Waals surface area (Å²) in [4.78, 5) is 21.7. The molecule has 2 aromatic heterocycles.